The summed E-state index contributed by atoms with van der Waals surface area (Å²) >= 11 is 1.71. The lowest BCUT2D eigenvalue weighted by Crippen LogP contribution is -2.27. The average Bonchev–Trinajstić information content (AvgIpc) is 3.21. The molecule has 2 aromatic rings. The average molecular weight is 304 g/mol. The Bertz CT molecular complexity index is 583. The molecule has 112 valence electrons. The van der Waals surface area contributed by atoms with Crippen molar-refractivity contribution in [2.24, 2.45) is 0 Å². The quantitative estimate of drug-likeness (QED) is 0.851. The standard InChI is InChI=1S/C15H20N4OS/c1-2-6-20-15-13(16)14(17-10-18-15)19(12-3-4-12)8-11-5-7-21-9-11/h5,7,9-10,12H,2-4,6,8,16H2,1H3. The van der Waals surface area contributed by atoms with Crippen molar-refractivity contribution in [3.05, 3.63) is 28.7 Å². The van der Waals surface area contributed by atoms with Gasteiger partial charge < -0.3 is 15.4 Å². The highest BCUT2D eigenvalue weighted by molar-refractivity contribution is 7.07. The number of rotatable bonds is 7. The van der Waals surface area contributed by atoms with Gasteiger partial charge >= 0.3 is 0 Å². The molecule has 0 aromatic carbocycles. The fourth-order valence-electron chi connectivity index (χ4n) is 2.26. The molecule has 0 bridgehead atoms. The van der Waals surface area contributed by atoms with Gasteiger partial charge in [0.1, 0.15) is 12.0 Å². The van der Waals surface area contributed by atoms with Crippen LogP contribution in [0.15, 0.2) is 23.2 Å². The van der Waals surface area contributed by atoms with E-state index in [4.69, 9.17) is 10.5 Å². The molecule has 3 rings (SSSR count). The molecule has 0 atom stereocenters. The molecule has 0 unspecified atom stereocenters. The van der Waals surface area contributed by atoms with Gasteiger partial charge in [0.05, 0.1) is 6.61 Å². The summed E-state index contributed by atoms with van der Waals surface area (Å²) in [7, 11) is 0. The Kier molecular flexibility index (Phi) is 4.24. The number of hydrogen-bond acceptors (Lipinski definition) is 6. The molecule has 2 N–H and O–H groups in total. The molecule has 1 aliphatic carbocycles. The van der Waals surface area contributed by atoms with Gasteiger partial charge in [0, 0.05) is 12.6 Å². The maximum atomic E-state index is 6.23. The first-order valence-electron chi connectivity index (χ1n) is 7.30. The highest BCUT2D eigenvalue weighted by Gasteiger charge is 2.32. The van der Waals surface area contributed by atoms with E-state index < -0.39 is 0 Å². The summed E-state index contributed by atoms with van der Waals surface area (Å²) < 4.78 is 5.61. The van der Waals surface area contributed by atoms with E-state index in [9.17, 15) is 0 Å². The Morgan fingerprint density at radius 1 is 1.43 bits per heavy atom. The predicted molar refractivity (Wildman–Crippen MR) is 85.8 cm³/mol. The van der Waals surface area contributed by atoms with Gasteiger partial charge in [0.15, 0.2) is 5.82 Å². The second-order valence-electron chi connectivity index (χ2n) is 5.26. The highest BCUT2D eigenvalue weighted by Crippen LogP contribution is 2.37. The molecule has 0 spiro atoms. The Morgan fingerprint density at radius 2 is 2.29 bits per heavy atom. The first-order valence-corrected chi connectivity index (χ1v) is 8.25. The van der Waals surface area contributed by atoms with Gasteiger partial charge in [-0.3, -0.25) is 0 Å². The van der Waals surface area contributed by atoms with Gasteiger partial charge in [-0.05, 0) is 41.7 Å². The minimum atomic E-state index is 0.498. The van der Waals surface area contributed by atoms with E-state index in [1.54, 1.807) is 17.7 Å². The maximum Gasteiger partial charge on any atom is 0.242 e. The monoisotopic (exact) mass is 304 g/mol. The maximum absolute atomic E-state index is 6.23. The van der Waals surface area contributed by atoms with Crippen molar-refractivity contribution in [2.45, 2.75) is 38.8 Å². The molecule has 1 fully saturated rings. The second-order valence-corrected chi connectivity index (χ2v) is 6.04. The Labute approximate surface area is 128 Å². The zero-order chi connectivity index (χ0) is 14.7. The van der Waals surface area contributed by atoms with E-state index in [2.05, 4.69) is 38.6 Å². The van der Waals surface area contributed by atoms with Gasteiger partial charge in [0.25, 0.3) is 0 Å². The SMILES string of the molecule is CCCOc1ncnc(N(Cc2ccsc2)C2CC2)c1N. The minimum absolute atomic E-state index is 0.498. The zero-order valence-electron chi connectivity index (χ0n) is 12.2. The molecule has 5 nitrogen and oxygen atoms in total. The number of ether oxygens (including phenoxy) is 1. The molecular formula is C15H20N4OS. The summed E-state index contributed by atoms with van der Waals surface area (Å²) in [6, 6.07) is 2.67. The Hall–Kier alpha value is -1.82. The van der Waals surface area contributed by atoms with Crippen LogP contribution in [-0.4, -0.2) is 22.6 Å². The lowest BCUT2D eigenvalue weighted by molar-refractivity contribution is 0.306. The van der Waals surface area contributed by atoms with Crippen LogP contribution in [0.5, 0.6) is 5.88 Å². The Balaban J connectivity index is 1.85. The van der Waals surface area contributed by atoms with Gasteiger partial charge in [0.2, 0.25) is 5.88 Å². The summed E-state index contributed by atoms with van der Waals surface area (Å²) in [5, 5.41) is 4.26. The number of hydrogen-bond donors (Lipinski definition) is 1. The molecular weight excluding hydrogens is 284 g/mol. The third-order valence-electron chi connectivity index (χ3n) is 3.46. The van der Waals surface area contributed by atoms with E-state index in [1.165, 1.54) is 18.4 Å². The minimum Gasteiger partial charge on any atom is -0.476 e. The second kappa shape index (κ2) is 6.30. The molecule has 2 aromatic heterocycles. The van der Waals surface area contributed by atoms with Gasteiger partial charge in [-0.25, -0.2) is 4.98 Å². The summed E-state index contributed by atoms with van der Waals surface area (Å²) in [5.41, 5.74) is 8.07. The molecule has 0 aliphatic heterocycles. The number of nitrogens with two attached hydrogens (primary N) is 1. The number of anilines is 2. The molecule has 0 radical (unpaired) electrons. The van der Waals surface area contributed by atoms with Crippen molar-refractivity contribution in [3.8, 4) is 5.88 Å². The van der Waals surface area contributed by atoms with Crippen molar-refractivity contribution in [1.29, 1.82) is 0 Å². The van der Waals surface area contributed by atoms with Crippen LogP contribution in [0.2, 0.25) is 0 Å². The third kappa shape index (κ3) is 3.26. The fraction of sp³-hybridized carbons (Fsp3) is 0.467. The van der Waals surface area contributed by atoms with Crippen LogP contribution in [0, 0.1) is 0 Å². The van der Waals surface area contributed by atoms with E-state index in [-0.39, 0.29) is 0 Å². The number of thiophene rings is 1. The van der Waals surface area contributed by atoms with E-state index >= 15 is 0 Å². The molecule has 2 heterocycles. The first-order chi connectivity index (χ1) is 10.3. The van der Waals surface area contributed by atoms with Gasteiger partial charge in [-0.2, -0.15) is 16.3 Å². The number of nitrogen functional groups attached to an aromatic ring is 1. The van der Waals surface area contributed by atoms with Crippen molar-refractivity contribution in [3.63, 3.8) is 0 Å². The molecule has 1 aliphatic rings. The molecule has 1 saturated carbocycles. The molecule has 0 amide bonds. The van der Waals surface area contributed by atoms with Crippen molar-refractivity contribution in [1.82, 2.24) is 9.97 Å². The summed E-state index contributed by atoms with van der Waals surface area (Å²) in [4.78, 5) is 10.8. The van der Waals surface area contributed by atoms with Crippen LogP contribution in [-0.2, 0) is 6.54 Å². The molecule has 0 saturated heterocycles. The lowest BCUT2D eigenvalue weighted by Gasteiger charge is -2.24. The van der Waals surface area contributed by atoms with Gasteiger partial charge in [-0.15, -0.1) is 0 Å². The number of nitrogens with zero attached hydrogens (tertiary/aromatic N) is 3. The van der Waals surface area contributed by atoms with Crippen molar-refractivity contribution < 1.29 is 4.74 Å². The predicted octanol–water partition coefficient (Wildman–Crippen LogP) is 3.08. The van der Waals surface area contributed by atoms with Crippen LogP contribution in [0.4, 0.5) is 11.5 Å². The van der Waals surface area contributed by atoms with E-state index in [0.717, 1.165) is 18.8 Å². The number of aromatic nitrogens is 2. The van der Waals surface area contributed by atoms with Crippen molar-refractivity contribution in [2.75, 3.05) is 17.2 Å². The smallest absolute Gasteiger partial charge is 0.242 e. The van der Waals surface area contributed by atoms with E-state index in [1.807, 2.05) is 0 Å². The molecule has 21 heavy (non-hydrogen) atoms. The normalized spacial score (nSPS) is 14.1. The first kappa shape index (κ1) is 14.1. The fourth-order valence-corrected chi connectivity index (χ4v) is 2.92. The summed E-state index contributed by atoms with van der Waals surface area (Å²) in [6.45, 7) is 3.52. The highest BCUT2D eigenvalue weighted by atomic mass is 32.1. The third-order valence-corrected chi connectivity index (χ3v) is 4.19. The van der Waals surface area contributed by atoms with Crippen LogP contribution in [0.1, 0.15) is 31.7 Å². The van der Waals surface area contributed by atoms with Gasteiger partial charge in [-0.1, -0.05) is 6.92 Å². The zero-order valence-corrected chi connectivity index (χ0v) is 13.0. The van der Waals surface area contributed by atoms with Crippen LogP contribution < -0.4 is 15.4 Å². The van der Waals surface area contributed by atoms with E-state index in [0.29, 0.717) is 24.2 Å². The Morgan fingerprint density at radius 3 is 2.95 bits per heavy atom. The largest absolute Gasteiger partial charge is 0.476 e. The summed E-state index contributed by atoms with van der Waals surface area (Å²) in [6.07, 6.45) is 4.86. The van der Waals surface area contributed by atoms with Crippen LogP contribution in [0.25, 0.3) is 0 Å². The topological polar surface area (TPSA) is 64.3 Å². The summed E-state index contributed by atoms with van der Waals surface area (Å²) in [5.74, 6) is 1.29. The lowest BCUT2D eigenvalue weighted by atomic mass is 10.3. The van der Waals surface area contributed by atoms with Crippen LogP contribution in [0.3, 0.4) is 0 Å². The van der Waals surface area contributed by atoms with Crippen molar-refractivity contribution >= 4 is 22.8 Å². The van der Waals surface area contributed by atoms with Crippen LogP contribution >= 0.6 is 11.3 Å². The molecule has 6 heteroatoms.